The van der Waals surface area contributed by atoms with Crippen LogP contribution in [0.1, 0.15) is 0 Å². The number of aliphatic hydroxyl groups excluding tert-OH is 1. The number of nitrogens with one attached hydrogen (secondary N) is 2. The highest BCUT2D eigenvalue weighted by Crippen LogP contribution is 1.80. The molecule has 0 aliphatic heterocycles. The standard InChI is InChI=1S/C6H13N3O6S/c7-16(14,15)2-1-8-6(13)9-3-4(10)5(11)12/h4,10H,1-3H2,(H,11,12)(H2,7,14,15)(H2,8,9,13). The molecule has 2 amide bonds. The smallest absolute Gasteiger partial charge is 0.334 e. The molecule has 0 rings (SSSR count). The van der Waals surface area contributed by atoms with Gasteiger partial charge in [0, 0.05) is 6.54 Å². The second-order valence-corrected chi connectivity index (χ2v) is 4.59. The maximum absolute atomic E-state index is 10.9. The predicted octanol–water partition coefficient (Wildman–Crippen LogP) is -2.98. The molecule has 0 saturated heterocycles. The molecule has 0 aromatic carbocycles. The fourth-order valence-electron chi connectivity index (χ4n) is 0.646. The lowest BCUT2D eigenvalue weighted by Gasteiger charge is -2.08. The first-order chi connectivity index (χ1) is 7.22. The minimum absolute atomic E-state index is 0.201. The molecule has 6 N–H and O–H groups in total. The van der Waals surface area contributed by atoms with Crippen molar-refractivity contribution >= 4 is 22.0 Å². The van der Waals surface area contributed by atoms with Crippen LogP contribution in [0, 0.1) is 0 Å². The van der Waals surface area contributed by atoms with Gasteiger partial charge in [-0.15, -0.1) is 0 Å². The van der Waals surface area contributed by atoms with E-state index < -0.39 is 40.4 Å². The predicted molar refractivity (Wildman–Crippen MR) is 53.0 cm³/mol. The Labute approximate surface area is 91.7 Å². The van der Waals surface area contributed by atoms with Crippen molar-refractivity contribution in [2.75, 3.05) is 18.8 Å². The Kier molecular flexibility index (Phi) is 5.71. The molecule has 0 radical (unpaired) electrons. The van der Waals surface area contributed by atoms with E-state index in [1.807, 2.05) is 5.32 Å². The lowest BCUT2D eigenvalue weighted by Crippen LogP contribution is -2.43. The zero-order chi connectivity index (χ0) is 12.8. The van der Waals surface area contributed by atoms with Gasteiger partial charge in [-0.3, -0.25) is 0 Å². The van der Waals surface area contributed by atoms with E-state index in [1.54, 1.807) is 0 Å². The van der Waals surface area contributed by atoms with Gasteiger partial charge < -0.3 is 20.8 Å². The number of nitrogens with two attached hydrogens (primary N) is 1. The highest BCUT2D eigenvalue weighted by molar-refractivity contribution is 7.89. The molecular formula is C6H13N3O6S. The van der Waals surface area contributed by atoms with Crippen LogP contribution in [0.3, 0.4) is 0 Å². The third-order valence-electron chi connectivity index (χ3n) is 1.41. The van der Waals surface area contributed by atoms with Gasteiger partial charge in [0.2, 0.25) is 10.0 Å². The Hall–Kier alpha value is -1.39. The van der Waals surface area contributed by atoms with Crippen molar-refractivity contribution in [2.45, 2.75) is 6.10 Å². The number of carboxylic acid groups (broad SMARTS) is 1. The van der Waals surface area contributed by atoms with E-state index in [-0.39, 0.29) is 6.54 Å². The van der Waals surface area contributed by atoms with Crippen molar-refractivity contribution in [2.24, 2.45) is 5.14 Å². The molecule has 0 fully saturated rings. The number of primary sulfonamides is 1. The first-order valence-electron chi connectivity index (χ1n) is 4.15. The third kappa shape index (κ3) is 7.96. The Balaban J connectivity index is 3.72. The second kappa shape index (κ2) is 6.25. The minimum atomic E-state index is -3.65. The summed E-state index contributed by atoms with van der Waals surface area (Å²) in [5.41, 5.74) is 0. The number of urea groups is 1. The molecule has 0 aromatic rings. The van der Waals surface area contributed by atoms with E-state index in [4.69, 9.17) is 10.2 Å². The number of carbonyl (C=O) groups excluding carboxylic acids is 1. The van der Waals surface area contributed by atoms with Crippen LogP contribution in [-0.4, -0.2) is 55.6 Å². The number of carboxylic acids is 1. The largest absolute Gasteiger partial charge is 0.479 e. The number of carbonyl (C=O) groups is 2. The van der Waals surface area contributed by atoms with Gasteiger partial charge in [-0.1, -0.05) is 0 Å². The summed E-state index contributed by atoms with van der Waals surface area (Å²) < 4.78 is 20.9. The van der Waals surface area contributed by atoms with E-state index in [9.17, 15) is 18.0 Å². The Morgan fingerprint density at radius 2 is 1.88 bits per heavy atom. The van der Waals surface area contributed by atoms with Crippen molar-refractivity contribution in [3.05, 3.63) is 0 Å². The topological polar surface area (TPSA) is 159 Å². The van der Waals surface area contributed by atoms with E-state index in [1.165, 1.54) is 0 Å². The molecule has 0 spiro atoms. The summed E-state index contributed by atoms with van der Waals surface area (Å²) >= 11 is 0. The van der Waals surface area contributed by atoms with Crippen LogP contribution in [0.25, 0.3) is 0 Å². The van der Waals surface area contributed by atoms with Crippen molar-refractivity contribution < 1.29 is 28.2 Å². The number of hydrogen-bond donors (Lipinski definition) is 5. The van der Waals surface area contributed by atoms with Gasteiger partial charge in [0.1, 0.15) is 0 Å². The molecule has 10 heteroatoms. The maximum Gasteiger partial charge on any atom is 0.334 e. The first-order valence-corrected chi connectivity index (χ1v) is 5.87. The Morgan fingerprint density at radius 1 is 1.31 bits per heavy atom. The van der Waals surface area contributed by atoms with Gasteiger partial charge in [-0.2, -0.15) is 0 Å². The number of aliphatic hydroxyl groups is 1. The summed E-state index contributed by atoms with van der Waals surface area (Å²) in [7, 11) is -3.65. The highest BCUT2D eigenvalue weighted by atomic mass is 32.2. The van der Waals surface area contributed by atoms with E-state index in [2.05, 4.69) is 10.5 Å². The van der Waals surface area contributed by atoms with Crippen molar-refractivity contribution in [1.29, 1.82) is 0 Å². The quantitative estimate of drug-likeness (QED) is 0.340. The normalized spacial score (nSPS) is 12.9. The van der Waals surface area contributed by atoms with Gasteiger partial charge in [0.05, 0.1) is 12.3 Å². The molecule has 0 aromatic heterocycles. The number of amides is 2. The van der Waals surface area contributed by atoms with Crippen LogP contribution in [0.2, 0.25) is 0 Å². The van der Waals surface area contributed by atoms with E-state index in [0.29, 0.717) is 0 Å². The van der Waals surface area contributed by atoms with Crippen molar-refractivity contribution in [1.82, 2.24) is 10.6 Å². The maximum atomic E-state index is 10.9. The summed E-state index contributed by atoms with van der Waals surface area (Å²) in [6.45, 7) is -0.676. The number of sulfonamides is 1. The fraction of sp³-hybridized carbons (Fsp3) is 0.667. The molecule has 0 aliphatic rings. The third-order valence-corrected chi connectivity index (χ3v) is 2.19. The number of hydrogen-bond acceptors (Lipinski definition) is 5. The second-order valence-electron chi connectivity index (χ2n) is 2.86. The highest BCUT2D eigenvalue weighted by Gasteiger charge is 2.13. The molecule has 0 aliphatic carbocycles. The van der Waals surface area contributed by atoms with Crippen LogP contribution in [0.15, 0.2) is 0 Å². The van der Waals surface area contributed by atoms with E-state index in [0.717, 1.165) is 0 Å². The lowest BCUT2D eigenvalue weighted by atomic mass is 10.4. The summed E-state index contributed by atoms with van der Waals surface area (Å²) in [6, 6.07) is -0.788. The van der Waals surface area contributed by atoms with Crippen LogP contribution >= 0.6 is 0 Å². The molecule has 94 valence electrons. The van der Waals surface area contributed by atoms with Gasteiger partial charge >= 0.3 is 12.0 Å². The van der Waals surface area contributed by atoms with Crippen LogP contribution in [0.5, 0.6) is 0 Å². The monoisotopic (exact) mass is 255 g/mol. The summed E-state index contributed by atoms with van der Waals surface area (Å²) in [6.07, 6.45) is -1.70. The number of rotatable bonds is 6. The first kappa shape index (κ1) is 14.6. The van der Waals surface area contributed by atoms with Gasteiger partial charge in [0.25, 0.3) is 0 Å². The van der Waals surface area contributed by atoms with Gasteiger partial charge in [-0.25, -0.2) is 23.1 Å². The lowest BCUT2D eigenvalue weighted by molar-refractivity contribution is -0.146. The molecule has 0 bridgehead atoms. The molecule has 1 atom stereocenters. The van der Waals surface area contributed by atoms with Crippen LogP contribution in [-0.2, 0) is 14.8 Å². The van der Waals surface area contributed by atoms with Gasteiger partial charge in [-0.05, 0) is 0 Å². The van der Waals surface area contributed by atoms with Crippen LogP contribution < -0.4 is 15.8 Å². The zero-order valence-electron chi connectivity index (χ0n) is 8.21. The Bertz CT molecular complexity index is 353. The minimum Gasteiger partial charge on any atom is -0.479 e. The molecule has 9 nitrogen and oxygen atoms in total. The zero-order valence-corrected chi connectivity index (χ0v) is 9.03. The van der Waals surface area contributed by atoms with Gasteiger partial charge in [0.15, 0.2) is 6.10 Å². The number of aliphatic carboxylic acids is 1. The molecule has 1 unspecified atom stereocenters. The Morgan fingerprint density at radius 3 is 2.31 bits per heavy atom. The summed E-state index contributed by atoms with van der Waals surface area (Å²) in [4.78, 5) is 21.0. The molecule has 16 heavy (non-hydrogen) atoms. The molecular weight excluding hydrogens is 242 g/mol. The average molecular weight is 255 g/mol. The molecule has 0 saturated carbocycles. The summed E-state index contributed by atoms with van der Waals surface area (Å²) in [5.74, 6) is -1.90. The van der Waals surface area contributed by atoms with Crippen LogP contribution in [0.4, 0.5) is 4.79 Å². The average Bonchev–Trinajstić information content (AvgIpc) is 2.11. The van der Waals surface area contributed by atoms with E-state index >= 15 is 0 Å². The SMILES string of the molecule is NS(=O)(=O)CCNC(=O)NCC(O)C(=O)O. The molecule has 0 heterocycles. The summed E-state index contributed by atoms with van der Waals surface area (Å²) in [5, 5.41) is 25.9. The van der Waals surface area contributed by atoms with Crippen molar-refractivity contribution in [3.63, 3.8) is 0 Å². The fourth-order valence-corrected chi connectivity index (χ4v) is 1.03. The van der Waals surface area contributed by atoms with Crippen molar-refractivity contribution in [3.8, 4) is 0 Å².